The summed E-state index contributed by atoms with van der Waals surface area (Å²) in [5, 5.41) is 0.233. The summed E-state index contributed by atoms with van der Waals surface area (Å²) in [6, 6.07) is 16.4. The first-order valence-electron chi connectivity index (χ1n) is 7.01. The van der Waals surface area contributed by atoms with Gasteiger partial charge in [0.05, 0.1) is 5.02 Å². The number of anilines is 1. The smallest absolute Gasteiger partial charge is 0.242 e. The van der Waals surface area contributed by atoms with Crippen LogP contribution in [0.15, 0.2) is 59.5 Å². The molecule has 6 heteroatoms. The first-order valence-corrected chi connectivity index (χ1v) is 8.87. The van der Waals surface area contributed by atoms with Gasteiger partial charge in [-0.25, -0.2) is 13.1 Å². The monoisotopic (exact) mass is 338 g/mol. The Bertz CT molecular complexity index is 705. The van der Waals surface area contributed by atoms with Crippen molar-refractivity contribution in [3.63, 3.8) is 0 Å². The second-order valence-corrected chi connectivity index (χ2v) is 7.08. The Hall–Kier alpha value is -1.56. The van der Waals surface area contributed by atoms with Gasteiger partial charge in [0.1, 0.15) is 4.90 Å². The highest BCUT2D eigenvalue weighted by Crippen LogP contribution is 2.20. The molecule has 2 aromatic rings. The fourth-order valence-electron chi connectivity index (χ4n) is 2.07. The lowest BCUT2D eigenvalue weighted by Crippen LogP contribution is -2.28. The topological polar surface area (TPSA) is 49.4 Å². The van der Waals surface area contributed by atoms with Crippen molar-refractivity contribution in [3.8, 4) is 0 Å². The highest BCUT2D eigenvalue weighted by Gasteiger charge is 2.16. The van der Waals surface area contributed by atoms with Gasteiger partial charge in [0.2, 0.25) is 10.0 Å². The van der Waals surface area contributed by atoms with Crippen LogP contribution in [0.4, 0.5) is 5.69 Å². The molecular formula is C16H19ClN2O2S. The molecule has 0 aliphatic rings. The molecule has 0 saturated carbocycles. The lowest BCUT2D eigenvalue weighted by molar-refractivity contribution is 0.579. The molecule has 0 aliphatic carbocycles. The molecule has 1 N–H and O–H groups in total. The molecule has 4 nitrogen and oxygen atoms in total. The zero-order valence-electron chi connectivity index (χ0n) is 12.4. The summed E-state index contributed by atoms with van der Waals surface area (Å²) < 4.78 is 26.9. The first-order chi connectivity index (χ1) is 10.5. The predicted molar refractivity (Wildman–Crippen MR) is 91.0 cm³/mol. The van der Waals surface area contributed by atoms with Crippen LogP contribution >= 0.6 is 11.6 Å². The van der Waals surface area contributed by atoms with Gasteiger partial charge in [0, 0.05) is 25.8 Å². The van der Waals surface area contributed by atoms with Crippen LogP contribution in [0.5, 0.6) is 0 Å². The Balaban J connectivity index is 1.85. The molecule has 2 aromatic carbocycles. The van der Waals surface area contributed by atoms with Gasteiger partial charge in [-0.05, 0) is 30.7 Å². The largest absolute Gasteiger partial charge is 0.375 e. The fourth-order valence-corrected chi connectivity index (χ4v) is 3.67. The van der Waals surface area contributed by atoms with Crippen molar-refractivity contribution in [2.24, 2.45) is 0 Å². The number of sulfonamides is 1. The van der Waals surface area contributed by atoms with Gasteiger partial charge in [0.25, 0.3) is 0 Å². The first kappa shape index (κ1) is 16.8. The molecule has 0 aliphatic heterocycles. The lowest BCUT2D eigenvalue weighted by Gasteiger charge is -2.19. The van der Waals surface area contributed by atoms with Gasteiger partial charge in [-0.15, -0.1) is 0 Å². The van der Waals surface area contributed by atoms with Crippen LogP contribution in [-0.2, 0) is 10.0 Å². The Kier molecular flexibility index (Phi) is 5.83. The number of hydrogen-bond acceptors (Lipinski definition) is 3. The van der Waals surface area contributed by atoms with E-state index in [1.54, 1.807) is 18.2 Å². The highest BCUT2D eigenvalue weighted by molar-refractivity contribution is 7.89. The molecule has 0 atom stereocenters. The molecule has 0 radical (unpaired) electrons. The summed E-state index contributed by atoms with van der Waals surface area (Å²) in [5.41, 5.74) is 1.11. The van der Waals surface area contributed by atoms with E-state index in [1.165, 1.54) is 6.07 Å². The minimum atomic E-state index is -3.55. The van der Waals surface area contributed by atoms with Crippen molar-refractivity contribution in [1.82, 2.24) is 4.72 Å². The van der Waals surface area contributed by atoms with E-state index in [1.807, 2.05) is 37.4 Å². The molecule has 0 unspecified atom stereocenters. The van der Waals surface area contributed by atoms with Crippen LogP contribution < -0.4 is 9.62 Å². The summed E-state index contributed by atoms with van der Waals surface area (Å²) in [6.45, 7) is 1.12. The molecule has 0 aromatic heterocycles. The number of nitrogens with one attached hydrogen (secondary N) is 1. The van der Waals surface area contributed by atoms with Gasteiger partial charge in [-0.3, -0.25) is 0 Å². The zero-order chi connectivity index (χ0) is 16.0. The Labute approximate surface area is 136 Å². The van der Waals surface area contributed by atoms with Gasteiger partial charge in [0.15, 0.2) is 0 Å². The van der Waals surface area contributed by atoms with E-state index >= 15 is 0 Å². The van der Waals surface area contributed by atoms with Gasteiger partial charge in [-0.2, -0.15) is 0 Å². The van der Waals surface area contributed by atoms with E-state index in [-0.39, 0.29) is 9.92 Å². The molecule has 0 spiro atoms. The van der Waals surface area contributed by atoms with Gasteiger partial charge in [-0.1, -0.05) is 41.9 Å². The van der Waals surface area contributed by atoms with Crippen LogP contribution in [0.1, 0.15) is 6.42 Å². The van der Waals surface area contributed by atoms with Crippen LogP contribution in [0.25, 0.3) is 0 Å². The van der Waals surface area contributed by atoms with Crippen molar-refractivity contribution in [3.05, 3.63) is 59.6 Å². The molecule has 0 fully saturated rings. The minimum Gasteiger partial charge on any atom is -0.375 e. The van der Waals surface area contributed by atoms with Crippen LogP contribution in [-0.4, -0.2) is 28.6 Å². The van der Waals surface area contributed by atoms with E-state index in [2.05, 4.69) is 9.62 Å². The number of benzene rings is 2. The molecule has 0 amide bonds. The van der Waals surface area contributed by atoms with Crippen molar-refractivity contribution < 1.29 is 8.42 Å². The van der Waals surface area contributed by atoms with E-state index in [9.17, 15) is 8.42 Å². The second kappa shape index (κ2) is 7.63. The number of rotatable bonds is 7. The zero-order valence-corrected chi connectivity index (χ0v) is 13.9. The molecule has 22 heavy (non-hydrogen) atoms. The molecule has 0 saturated heterocycles. The van der Waals surface area contributed by atoms with E-state index in [0.29, 0.717) is 13.0 Å². The maximum absolute atomic E-state index is 12.2. The minimum absolute atomic E-state index is 0.119. The second-order valence-electron chi connectivity index (χ2n) is 4.94. The summed E-state index contributed by atoms with van der Waals surface area (Å²) in [5.74, 6) is 0. The van der Waals surface area contributed by atoms with Gasteiger partial charge < -0.3 is 4.90 Å². The highest BCUT2D eigenvalue weighted by atomic mass is 35.5. The predicted octanol–water partition coefficient (Wildman–Crippen LogP) is 3.14. The maximum Gasteiger partial charge on any atom is 0.242 e. The number of halogens is 1. The summed E-state index contributed by atoms with van der Waals surface area (Å²) in [4.78, 5) is 2.21. The SMILES string of the molecule is CN(CCCNS(=O)(=O)c1ccccc1Cl)c1ccccc1. The third-order valence-electron chi connectivity index (χ3n) is 3.29. The van der Waals surface area contributed by atoms with Crippen LogP contribution in [0.3, 0.4) is 0 Å². The summed E-state index contributed by atoms with van der Waals surface area (Å²) >= 11 is 5.92. The molecule has 118 valence electrons. The average Bonchev–Trinajstić information content (AvgIpc) is 2.52. The maximum atomic E-state index is 12.2. The normalized spacial score (nSPS) is 11.4. The molecular weight excluding hydrogens is 320 g/mol. The third kappa shape index (κ3) is 4.47. The van der Waals surface area contributed by atoms with Crippen molar-refractivity contribution in [1.29, 1.82) is 0 Å². The van der Waals surface area contributed by atoms with E-state index in [4.69, 9.17) is 11.6 Å². The Morgan fingerprint density at radius 1 is 1.05 bits per heavy atom. The van der Waals surface area contributed by atoms with Crippen molar-refractivity contribution in [2.75, 3.05) is 25.0 Å². The van der Waals surface area contributed by atoms with Crippen LogP contribution in [0.2, 0.25) is 5.02 Å². The van der Waals surface area contributed by atoms with E-state index < -0.39 is 10.0 Å². The Morgan fingerprint density at radius 2 is 1.68 bits per heavy atom. The molecule has 2 rings (SSSR count). The molecule has 0 bridgehead atoms. The van der Waals surface area contributed by atoms with E-state index in [0.717, 1.165) is 12.2 Å². The van der Waals surface area contributed by atoms with Crippen LogP contribution in [0, 0.1) is 0 Å². The fraction of sp³-hybridized carbons (Fsp3) is 0.250. The molecule has 0 heterocycles. The number of hydrogen-bond donors (Lipinski definition) is 1. The summed E-state index contributed by atoms with van der Waals surface area (Å²) in [6.07, 6.45) is 0.703. The number of nitrogens with zero attached hydrogens (tertiary/aromatic N) is 1. The average molecular weight is 339 g/mol. The lowest BCUT2D eigenvalue weighted by atomic mass is 10.3. The quantitative estimate of drug-likeness (QED) is 0.789. The Morgan fingerprint density at radius 3 is 2.36 bits per heavy atom. The summed E-state index contributed by atoms with van der Waals surface area (Å²) in [7, 11) is -1.57. The van der Waals surface area contributed by atoms with Crippen molar-refractivity contribution in [2.45, 2.75) is 11.3 Å². The standard InChI is InChI=1S/C16H19ClN2O2S/c1-19(14-8-3-2-4-9-14)13-7-12-18-22(20,21)16-11-6-5-10-15(16)17/h2-6,8-11,18H,7,12-13H2,1H3. The van der Waals surface area contributed by atoms with Gasteiger partial charge >= 0.3 is 0 Å². The number of para-hydroxylation sites is 1. The van der Waals surface area contributed by atoms with Crippen molar-refractivity contribution >= 4 is 27.3 Å². The third-order valence-corrected chi connectivity index (χ3v) is 5.25.